The lowest BCUT2D eigenvalue weighted by molar-refractivity contribution is -0.0633. The first-order valence-corrected chi connectivity index (χ1v) is 6.55. The summed E-state index contributed by atoms with van der Waals surface area (Å²) in [5.74, 6) is 0. The molecule has 3 rings (SSSR count). The van der Waals surface area contributed by atoms with Crippen LogP contribution in [0.5, 0.6) is 0 Å². The highest BCUT2D eigenvalue weighted by atomic mass is 16.5. The number of aromatic nitrogens is 5. The highest BCUT2D eigenvalue weighted by Gasteiger charge is 2.40. The molecule has 1 saturated heterocycles. The number of nitrogens with zero attached hydrogens (tertiary/aromatic N) is 4. The average Bonchev–Trinajstić information content (AvgIpc) is 3.07. The van der Waals surface area contributed by atoms with Crippen LogP contribution in [0.15, 0.2) is 34.5 Å². The molecule has 0 aromatic carbocycles. The van der Waals surface area contributed by atoms with Crippen LogP contribution in [0.4, 0.5) is 0 Å². The molecule has 4 atom stereocenters. The van der Waals surface area contributed by atoms with Gasteiger partial charge in [-0.05, 0) is 6.92 Å². The van der Waals surface area contributed by atoms with Crippen LogP contribution in [-0.2, 0) is 4.74 Å². The molecule has 0 unspecified atom stereocenters. The molecule has 0 bridgehead atoms. The van der Waals surface area contributed by atoms with Crippen LogP contribution in [0.25, 0.3) is 0 Å². The van der Waals surface area contributed by atoms with Gasteiger partial charge in [0.05, 0.1) is 12.1 Å². The van der Waals surface area contributed by atoms with Gasteiger partial charge in [0, 0.05) is 18.7 Å². The van der Waals surface area contributed by atoms with E-state index in [1.54, 1.807) is 17.9 Å². The van der Waals surface area contributed by atoms with Crippen molar-refractivity contribution in [1.82, 2.24) is 24.3 Å². The number of aromatic amines is 1. The monoisotopic (exact) mass is 293 g/mol. The van der Waals surface area contributed by atoms with Gasteiger partial charge < -0.3 is 9.84 Å². The van der Waals surface area contributed by atoms with Crippen LogP contribution >= 0.6 is 0 Å². The van der Waals surface area contributed by atoms with Gasteiger partial charge in [0.25, 0.3) is 5.56 Å². The van der Waals surface area contributed by atoms with Gasteiger partial charge >= 0.3 is 5.69 Å². The number of hydrogen-bond donors (Lipinski definition) is 2. The number of aliphatic hydroxyl groups is 1. The molecule has 0 amide bonds. The van der Waals surface area contributed by atoms with Crippen molar-refractivity contribution < 1.29 is 9.84 Å². The van der Waals surface area contributed by atoms with Crippen molar-refractivity contribution in [3.63, 3.8) is 0 Å². The van der Waals surface area contributed by atoms with Crippen LogP contribution in [-0.4, -0.2) is 41.6 Å². The highest BCUT2D eigenvalue weighted by Crippen LogP contribution is 2.36. The van der Waals surface area contributed by atoms with Gasteiger partial charge in [-0.2, -0.15) is 5.10 Å². The predicted octanol–water partition coefficient (Wildman–Crippen LogP) is -0.962. The predicted molar refractivity (Wildman–Crippen MR) is 70.6 cm³/mol. The van der Waals surface area contributed by atoms with Crippen molar-refractivity contribution in [2.75, 3.05) is 0 Å². The molecule has 3 heterocycles. The minimum atomic E-state index is -0.734. The zero-order valence-electron chi connectivity index (χ0n) is 11.3. The summed E-state index contributed by atoms with van der Waals surface area (Å²) < 4.78 is 8.67. The van der Waals surface area contributed by atoms with Crippen LogP contribution in [0.3, 0.4) is 0 Å². The third-order valence-corrected chi connectivity index (χ3v) is 3.55. The quantitative estimate of drug-likeness (QED) is 0.753. The largest absolute Gasteiger partial charge is 0.391 e. The Balaban J connectivity index is 1.93. The smallest absolute Gasteiger partial charge is 0.330 e. The summed E-state index contributed by atoms with van der Waals surface area (Å²) in [5.41, 5.74) is -1.01. The molecule has 1 aliphatic heterocycles. The van der Waals surface area contributed by atoms with Crippen molar-refractivity contribution in [1.29, 1.82) is 0 Å². The van der Waals surface area contributed by atoms with Gasteiger partial charge in [0.15, 0.2) is 0 Å². The summed E-state index contributed by atoms with van der Waals surface area (Å²) in [6.45, 7) is 1.62. The summed E-state index contributed by atoms with van der Waals surface area (Å²) in [5, 5.41) is 13.9. The van der Waals surface area contributed by atoms with Crippen molar-refractivity contribution in [2.24, 2.45) is 0 Å². The van der Waals surface area contributed by atoms with Crippen LogP contribution < -0.4 is 11.2 Å². The number of aliphatic hydroxyl groups excluding tert-OH is 1. The van der Waals surface area contributed by atoms with Crippen molar-refractivity contribution in [3.05, 3.63) is 45.8 Å². The van der Waals surface area contributed by atoms with Gasteiger partial charge in [0.2, 0.25) is 0 Å². The van der Waals surface area contributed by atoms with E-state index in [0.717, 1.165) is 0 Å². The molecular weight excluding hydrogens is 278 g/mol. The first kappa shape index (κ1) is 13.7. The molecule has 1 fully saturated rings. The molecule has 2 aromatic heterocycles. The van der Waals surface area contributed by atoms with Gasteiger partial charge in [0.1, 0.15) is 25.0 Å². The Morgan fingerprint density at radius 3 is 2.95 bits per heavy atom. The molecule has 9 heteroatoms. The maximum absolute atomic E-state index is 11.8. The normalized spacial score (nSPS) is 26.9. The molecule has 2 N–H and O–H groups in total. The van der Waals surface area contributed by atoms with Crippen LogP contribution in [0.1, 0.15) is 25.6 Å². The molecule has 0 spiro atoms. The molecule has 0 aliphatic carbocycles. The lowest BCUT2D eigenvalue weighted by atomic mass is 10.1. The third-order valence-electron chi connectivity index (χ3n) is 3.55. The Bertz CT molecular complexity index is 720. The molecule has 0 saturated carbocycles. The Hall–Kier alpha value is -2.26. The first-order chi connectivity index (χ1) is 10.1. The summed E-state index contributed by atoms with van der Waals surface area (Å²) >= 11 is 0. The molecule has 1 aliphatic rings. The average molecular weight is 293 g/mol. The standard InChI is InChI=1S/C12H15N5O4/c1-7(18)11-8(17-6-13-5-14-17)4-10(21-11)16-3-2-9(19)15-12(16)20/h2-3,5-8,10-11,18H,4H2,1H3,(H,15,19,20)/t7-,8-,10-,11-/m0/s1. The molecule has 9 nitrogen and oxygen atoms in total. The topological polar surface area (TPSA) is 115 Å². The number of rotatable bonds is 3. The van der Waals surface area contributed by atoms with E-state index in [1.165, 1.54) is 23.2 Å². The van der Waals surface area contributed by atoms with E-state index in [1.807, 2.05) is 0 Å². The van der Waals surface area contributed by atoms with Crippen molar-refractivity contribution in [3.8, 4) is 0 Å². The van der Waals surface area contributed by atoms with Crippen LogP contribution in [0.2, 0.25) is 0 Å². The number of hydrogen-bond acceptors (Lipinski definition) is 6. The molecule has 0 radical (unpaired) electrons. The third kappa shape index (κ3) is 2.52. The summed E-state index contributed by atoms with van der Waals surface area (Å²) in [6.07, 6.45) is 2.93. The molecular formula is C12H15N5O4. The number of H-pyrrole nitrogens is 1. The summed E-state index contributed by atoms with van der Waals surface area (Å²) in [4.78, 5) is 29.0. The SMILES string of the molecule is C[C@H](O)[C@@H]1O[C@H](n2ccc(=O)[nH]c2=O)C[C@@H]1n1cncn1. The van der Waals surface area contributed by atoms with E-state index in [4.69, 9.17) is 4.74 Å². The maximum Gasteiger partial charge on any atom is 0.330 e. The van der Waals surface area contributed by atoms with Gasteiger partial charge in [-0.15, -0.1) is 0 Å². The van der Waals surface area contributed by atoms with Gasteiger partial charge in [-0.1, -0.05) is 0 Å². The second kappa shape index (κ2) is 5.26. The number of nitrogens with one attached hydrogen (secondary N) is 1. The zero-order chi connectivity index (χ0) is 15.0. The minimum absolute atomic E-state index is 0.240. The Labute approximate surface area is 118 Å². The zero-order valence-corrected chi connectivity index (χ0v) is 11.3. The van der Waals surface area contributed by atoms with Crippen LogP contribution in [0, 0.1) is 0 Å². The second-order valence-electron chi connectivity index (χ2n) is 4.99. The molecule has 112 valence electrons. The fraction of sp³-hybridized carbons (Fsp3) is 0.500. The van der Waals surface area contributed by atoms with E-state index in [2.05, 4.69) is 15.1 Å². The van der Waals surface area contributed by atoms with E-state index < -0.39 is 29.7 Å². The Kier molecular flexibility index (Phi) is 3.43. The summed E-state index contributed by atoms with van der Waals surface area (Å²) in [6, 6.07) is 1.02. The second-order valence-corrected chi connectivity index (χ2v) is 4.99. The molecule has 21 heavy (non-hydrogen) atoms. The molecule has 2 aromatic rings. The fourth-order valence-corrected chi connectivity index (χ4v) is 2.58. The Morgan fingerprint density at radius 1 is 1.52 bits per heavy atom. The number of ether oxygens (including phenoxy) is 1. The van der Waals surface area contributed by atoms with E-state index in [9.17, 15) is 14.7 Å². The lowest BCUT2D eigenvalue weighted by Gasteiger charge is -2.20. The fourth-order valence-electron chi connectivity index (χ4n) is 2.58. The first-order valence-electron chi connectivity index (χ1n) is 6.55. The highest BCUT2D eigenvalue weighted by molar-refractivity contribution is 4.91. The van der Waals surface area contributed by atoms with E-state index in [-0.39, 0.29) is 6.04 Å². The van der Waals surface area contributed by atoms with Crippen molar-refractivity contribution >= 4 is 0 Å². The maximum atomic E-state index is 11.8. The summed E-state index contributed by atoms with van der Waals surface area (Å²) in [7, 11) is 0. The van der Waals surface area contributed by atoms with Crippen molar-refractivity contribution in [2.45, 2.75) is 37.8 Å². The van der Waals surface area contributed by atoms with E-state index in [0.29, 0.717) is 6.42 Å². The lowest BCUT2D eigenvalue weighted by Crippen LogP contribution is -2.33. The minimum Gasteiger partial charge on any atom is -0.391 e. The van der Waals surface area contributed by atoms with Gasteiger partial charge in [-0.3, -0.25) is 14.3 Å². The Morgan fingerprint density at radius 2 is 2.33 bits per heavy atom. The van der Waals surface area contributed by atoms with Gasteiger partial charge in [-0.25, -0.2) is 14.5 Å². The van der Waals surface area contributed by atoms with E-state index >= 15 is 0 Å².